The van der Waals surface area contributed by atoms with E-state index in [4.69, 9.17) is 4.42 Å². The molecule has 0 fully saturated rings. The zero-order valence-corrected chi connectivity index (χ0v) is 14.3. The molecule has 1 N–H and O–H groups in total. The van der Waals surface area contributed by atoms with Crippen LogP contribution in [0.15, 0.2) is 45.6 Å². The molecule has 0 radical (unpaired) electrons. The second kappa shape index (κ2) is 6.71. The van der Waals surface area contributed by atoms with E-state index in [1.165, 1.54) is 4.57 Å². The summed E-state index contributed by atoms with van der Waals surface area (Å²) in [6.07, 6.45) is -0.0430. The van der Waals surface area contributed by atoms with Crippen LogP contribution in [0.5, 0.6) is 0 Å². The van der Waals surface area contributed by atoms with Crippen molar-refractivity contribution >= 4 is 45.3 Å². The Morgan fingerprint density at radius 1 is 1.21 bits per heavy atom. The van der Waals surface area contributed by atoms with Gasteiger partial charge < -0.3 is 9.73 Å². The van der Waals surface area contributed by atoms with Crippen LogP contribution < -0.4 is 11.1 Å². The molecule has 5 nitrogen and oxygen atoms in total. The molecule has 0 aliphatic heterocycles. The number of rotatable bonds is 4. The molecule has 0 aliphatic rings. The Labute approximate surface area is 148 Å². The van der Waals surface area contributed by atoms with E-state index >= 15 is 0 Å². The molecule has 0 atom stereocenters. The number of para-hydroxylation sites is 2. The summed E-state index contributed by atoms with van der Waals surface area (Å²) in [5.74, 6) is -2.52. The summed E-state index contributed by atoms with van der Waals surface area (Å²) < 4.78 is 33.2. The van der Waals surface area contributed by atoms with E-state index in [0.717, 1.165) is 12.1 Å². The average Bonchev–Trinajstić information content (AvgIpc) is 2.86. The highest BCUT2D eigenvalue weighted by Gasteiger charge is 2.12. The molecular weight excluding hydrogens is 433 g/mol. The van der Waals surface area contributed by atoms with Gasteiger partial charge in [0.05, 0.1) is 9.09 Å². The summed E-state index contributed by atoms with van der Waals surface area (Å²) in [6.45, 7) is 0.0943. The molecule has 0 saturated heterocycles. The summed E-state index contributed by atoms with van der Waals surface area (Å²) in [7, 11) is 0. The molecule has 1 heterocycles. The third-order valence-corrected chi connectivity index (χ3v) is 4.43. The maximum absolute atomic E-state index is 13.5. The molecule has 1 amide bonds. The lowest BCUT2D eigenvalue weighted by Gasteiger charge is -2.07. The number of fused-ring (bicyclic) bond motifs is 1. The second-order valence-electron chi connectivity index (χ2n) is 5.04. The molecule has 0 aliphatic carbocycles. The number of amides is 1. The lowest BCUT2D eigenvalue weighted by Crippen LogP contribution is -2.20. The summed E-state index contributed by atoms with van der Waals surface area (Å²) in [4.78, 5) is 23.8. The van der Waals surface area contributed by atoms with Gasteiger partial charge in [0.15, 0.2) is 5.58 Å². The number of benzene rings is 2. The molecule has 0 saturated carbocycles. The van der Waals surface area contributed by atoms with E-state index in [1.54, 1.807) is 46.9 Å². The van der Waals surface area contributed by atoms with Crippen molar-refractivity contribution in [2.75, 3.05) is 5.32 Å². The van der Waals surface area contributed by atoms with Gasteiger partial charge in [-0.2, -0.15) is 0 Å². The molecule has 0 spiro atoms. The number of anilines is 1. The molecule has 0 unspecified atom stereocenters. The number of halogens is 3. The van der Waals surface area contributed by atoms with Crippen molar-refractivity contribution in [2.45, 2.75) is 13.0 Å². The van der Waals surface area contributed by atoms with Gasteiger partial charge in [0.1, 0.15) is 11.6 Å². The monoisotopic (exact) mass is 444 g/mol. The molecule has 3 aromatic rings. The van der Waals surface area contributed by atoms with E-state index in [0.29, 0.717) is 11.1 Å². The summed E-state index contributed by atoms with van der Waals surface area (Å²) in [5, 5.41) is 2.41. The summed E-state index contributed by atoms with van der Waals surface area (Å²) in [6, 6.07) is 8.95. The Kier molecular flexibility index (Phi) is 4.65. The maximum Gasteiger partial charge on any atom is 0.419 e. The fourth-order valence-corrected chi connectivity index (χ4v) is 2.60. The average molecular weight is 444 g/mol. The first-order chi connectivity index (χ1) is 11.5. The SMILES string of the molecule is O=C(CCn1c(=O)oc2ccccc21)Nc1cc(F)c(I)c(F)c1. The van der Waals surface area contributed by atoms with Crippen molar-refractivity contribution in [3.8, 4) is 0 Å². The van der Waals surface area contributed by atoms with Gasteiger partial charge in [-0.05, 0) is 46.9 Å². The predicted octanol–water partition coefficient (Wildman–Crippen LogP) is 3.51. The van der Waals surface area contributed by atoms with Gasteiger partial charge in [0, 0.05) is 18.7 Å². The normalized spacial score (nSPS) is 11.0. The lowest BCUT2D eigenvalue weighted by molar-refractivity contribution is -0.116. The Balaban J connectivity index is 1.72. The van der Waals surface area contributed by atoms with E-state index in [9.17, 15) is 18.4 Å². The van der Waals surface area contributed by atoms with E-state index in [2.05, 4.69) is 5.32 Å². The van der Waals surface area contributed by atoms with Crippen molar-refractivity contribution in [2.24, 2.45) is 0 Å². The smallest absolute Gasteiger partial charge is 0.408 e. The number of carbonyl (C=O) groups is 1. The molecule has 8 heteroatoms. The highest BCUT2D eigenvalue weighted by molar-refractivity contribution is 14.1. The third kappa shape index (κ3) is 3.32. The molecule has 24 heavy (non-hydrogen) atoms. The van der Waals surface area contributed by atoms with E-state index in [-0.39, 0.29) is 22.2 Å². The van der Waals surface area contributed by atoms with Crippen LogP contribution in [-0.4, -0.2) is 10.5 Å². The van der Waals surface area contributed by atoms with E-state index < -0.39 is 23.3 Å². The molecule has 1 aromatic heterocycles. The molecular formula is C16H11F2IN2O3. The number of hydrogen-bond donors (Lipinski definition) is 1. The zero-order valence-electron chi connectivity index (χ0n) is 12.2. The quantitative estimate of drug-likeness (QED) is 0.495. The van der Waals surface area contributed by atoms with Crippen molar-refractivity contribution in [1.82, 2.24) is 4.57 Å². The van der Waals surface area contributed by atoms with Crippen molar-refractivity contribution < 1.29 is 18.0 Å². The minimum absolute atomic E-state index is 0.0276. The minimum Gasteiger partial charge on any atom is -0.408 e. The number of nitrogens with zero attached hydrogens (tertiary/aromatic N) is 1. The topological polar surface area (TPSA) is 64.2 Å². The highest BCUT2D eigenvalue weighted by Crippen LogP contribution is 2.20. The van der Waals surface area contributed by atoms with Crippen molar-refractivity contribution in [1.29, 1.82) is 0 Å². The minimum atomic E-state index is -0.747. The number of oxazole rings is 1. The summed E-state index contributed by atoms with van der Waals surface area (Å²) >= 11 is 1.54. The first-order valence-electron chi connectivity index (χ1n) is 6.98. The van der Waals surface area contributed by atoms with Gasteiger partial charge in [0.2, 0.25) is 5.91 Å². The van der Waals surface area contributed by atoms with Crippen LogP contribution in [0.25, 0.3) is 11.1 Å². The van der Waals surface area contributed by atoms with Gasteiger partial charge in [-0.25, -0.2) is 13.6 Å². The Morgan fingerprint density at radius 2 is 1.88 bits per heavy atom. The molecule has 0 bridgehead atoms. The van der Waals surface area contributed by atoms with Crippen LogP contribution in [0, 0.1) is 15.2 Å². The number of nitrogens with one attached hydrogen (secondary N) is 1. The third-order valence-electron chi connectivity index (χ3n) is 3.40. The fourth-order valence-electron chi connectivity index (χ4n) is 2.29. The number of aryl methyl sites for hydroxylation is 1. The van der Waals surface area contributed by atoms with Crippen LogP contribution in [0.1, 0.15) is 6.42 Å². The van der Waals surface area contributed by atoms with Crippen LogP contribution >= 0.6 is 22.6 Å². The van der Waals surface area contributed by atoms with Crippen LogP contribution in [0.4, 0.5) is 14.5 Å². The number of aromatic nitrogens is 1. The lowest BCUT2D eigenvalue weighted by atomic mass is 10.2. The van der Waals surface area contributed by atoms with Gasteiger partial charge in [-0.1, -0.05) is 12.1 Å². The standard InChI is InChI=1S/C16H11F2IN2O3/c17-10-7-9(8-11(18)15(10)19)20-14(22)5-6-21-12-3-1-2-4-13(12)24-16(21)23/h1-4,7-8H,5-6H2,(H,20,22). The zero-order chi connectivity index (χ0) is 17.3. The Hall–Kier alpha value is -2.23. The van der Waals surface area contributed by atoms with Gasteiger partial charge in [-0.15, -0.1) is 0 Å². The Bertz CT molecular complexity index is 958. The van der Waals surface area contributed by atoms with Gasteiger partial charge in [0.25, 0.3) is 0 Å². The van der Waals surface area contributed by atoms with Crippen LogP contribution in [-0.2, 0) is 11.3 Å². The first-order valence-corrected chi connectivity index (χ1v) is 8.06. The maximum atomic E-state index is 13.5. The molecule has 2 aromatic carbocycles. The second-order valence-corrected chi connectivity index (χ2v) is 6.12. The van der Waals surface area contributed by atoms with Crippen LogP contribution in [0.3, 0.4) is 0 Å². The van der Waals surface area contributed by atoms with E-state index in [1.807, 2.05) is 0 Å². The summed E-state index contributed by atoms with van der Waals surface area (Å²) in [5.41, 5.74) is 1.05. The fraction of sp³-hybridized carbons (Fsp3) is 0.125. The Morgan fingerprint density at radius 3 is 2.58 bits per heavy atom. The van der Waals surface area contributed by atoms with Crippen molar-refractivity contribution in [3.63, 3.8) is 0 Å². The number of carbonyl (C=O) groups excluding carboxylic acids is 1. The molecule has 3 rings (SSSR count). The largest absolute Gasteiger partial charge is 0.419 e. The van der Waals surface area contributed by atoms with Gasteiger partial charge in [-0.3, -0.25) is 9.36 Å². The predicted molar refractivity (Wildman–Crippen MR) is 92.8 cm³/mol. The van der Waals surface area contributed by atoms with Crippen LogP contribution in [0.2, 0.25) is 0 Å². The van der Waals surface area contributed by atoms with Gasteiger partial charge >= 0.3 is 5.76 Å². The van der Waals surface area contributed by atoms with Crippen molar-refractivity contribution in [3.05, 3.63) is 62.2 Å². The molecule has 124 valence electrons. The first kappa shape index (κ1) is 16.6. The highest BCUT2D eigenvalue weighted by atomic mass is 127. The number of hydrogen-bond acceptors (Lipinski definition) is 3.